The summed E-state index contributed by atoms with van der Waals surface area (Å²) in [7, 11) is -3.80. The van der Waals surface area contributed by atoms with Crippen molar-refractivity contribution in [1.82, 2.24) is 9.97 Å². The maximum absolute atomic E-state index is 14.0. The summed E-state index contributed by atoms with van der Waals surface area (Å²) < 4.78 is 52.7. The molecule has 3 rings (SSSR count). The highest BCUT2D eigenvalue weighted by atomic mass is 32.2. The maximum Gasteiger partial charge on any atom is 0.198 e. The van der Waals surface area contributed by atoms with Crippen LogP contribution in [0.4, 0.5) is 14.7 Å². The average molecular weight is 379 g/mol. The number of aromatic amines is 1. The van der Waals surface area contributed by atoms with Gasteiger partial charge in [0, 0.05) is 5.56 Å². The number of aromatic nitrogens is 2. The molecule has 0 amide bonds. The third kappa shape index (κ3) is 2.84. The molecule has 0 fully saturated rings. The molecular weight excluding hydrogens is 364 g/mol. The van der Waals surface area contributed by atoms with Gasteiger partial charge in [-0.2, -0.15) is 0 Å². The molecule has 0 aliphatic carbocycles. The van der Waals surface area contributed by atoms with E-state index in [2.05, 4.69) is 9.97 Å². The van der Waals surface area contributed by atoms with Crippen LogP contribution in [0, 0.1) is 11.6 Å². The molecule has 3 aromatic rings. The number of fused-ring (bicyclic) bond motifs is 1. The van der Waals surface area contributed by atoms with Crippen molar-refractivity contribution in [2.45, 2.75) is 24.0 Å². The second-order valence-corrected chi connectivity index (χ2v) is 8.49. The summed E-state index contributed by atoms with van der Waals surface area (Å²) in [5.74, 6) is -3.34. The summed E-state index contributed by atoms with van der Waals surface area (Å²) >= 11 is 0. The molecule has 2 aromatic carbocycles. The Morgan fingerprint density at radius 2 is 1.92 bits per heavy atom. The molecule has 0 aliphatic rings. The number of rotatable bonds is 4. The lowest BCUT2D eigenvalue weighted by molar-refractivity contribution is 0.103. The van der Waals surface area contributed by atoms with Crippen LogP contribution in [0.25, 0.3) is 11.0 Å². The number of benzene rings is 2. The van der Waals surface area contributed by atoms with Crippen LogP contribution in [0.15, 0.2) is 35.2 Å². The van der Waals surface area contributed by atoms with Crippen molar-refractivity contribution < 1.29 is 22.0 Å². The maximum atomic E-state index is 14.0. The molecule has 0 spiro atoms. The first-order valence-electron chi connectivity index (χ1n) is 7.64. The summed E-state index contributed by atoms with van der Waals surface area (Å²) in [6.07, 6.45) is 0. The second kappa shape index (κ2) is 6.17. The predicted octanol–water partition coefficient (Wildman–Crippen LogP) is 2.84. The Morgan fingerprint density at radius 3 is 2.58 bits per heavy atom. The van der Waals surface area contributed by atoms with Crippen molar-refractivity contribution in [2.75, 3.05) is 5.73 Å². The standard InChI is InChI=1S/C17H15F2N3O3S/c1-8(2)26(24,25)13-7-9(6-12-15(13)22-17(20)21-12)16(23)10-4-3-5-11(18)14(10)19/h3-8H,1-2H3,(H3,20,21,22). The molecule has 0 unspecified atom stereocenters. The zero-order valence-electron chi connectivity index (χ0n) is 13.9. The van der Waals surface area contributed by atoms with E-state index in [4.69, 9.17) is 5.73 Å². The Morgan fingerprint density at radius 1 is 1.23 bits per heavy atom. The molecule has 0 aliphatic heterocycles. The quantitative estimate of drug-likeness (QED) is 0.678. The number of hydrogen-bond acceptors (Lipinski definition) is 5. The number of halogens is 2. The van der Waals surface area contributed by atoms with Gasteiger partial charge in [0.25, 0.3) is 0 Å². The number of carbonyl (C=O) groups excluding carboxylic acids is 1. The molecule has 1 aromatic heterocycles. The van der Waals surface area contributed by atoms with Crippen LogP contribution in [0.2, 0.25) is 0 Å². The minimum Gasteiger partial charge on any atom is -0.369 e. The molecule has 0 radical (unpaired) electrons. The van der Waals surface area contributed by atoms with Crippen LogP contribution in [-0.4, -0.2) is 29.4 Å². The van der Waals surface area contributed by atoms with E-state index in [1.807, 2.05) is 0 Å². The van der Waals surface area contributed by atoms with Crippen molar-refractivity contribution in [2.24, 2.45) is 0 Å². The number of H-pyrrole nitrogens is 1. The van der Waals surface area contributed by atoms with Crippen molar-refractivity contribution in [3.8, 4) is 0 Å². The minimum absolute atomic E-state index is 0.0262. The van der Waals surface area contributed by atoms with Crippen LogP contribution in [0.3, 0.4) is 0 Å². The van der Waals surface area contributed by atoms with E-state index in [9.17, 15) is 22.0 Å². The van der Waals surface area contributed by atoms with Gasteiger partial charge in [-0.3, -0.25) is 4.79 Å². The lowest BCUT2D eigenvalue weighted by Crippen LogP contribution is -2.16. The molecule has 136 valence electrons. The van der Waals surface area contributed by atoms with Gasteiger partial charge in [-0.25, -0.2) is 22.2 Å². The number of carbonyl (C=O) groups is 1. The fourth-order valence-corrected chi connectivity index (χ4v) is 3.77. The summed E-state index contributed by atoms with van der Waals surface area (Å²) in [5, 5.41) is -0.778. The molecule has 1 heterocycles. The van der Waals surface area contributed by atoms with Crippen LogP contribution < -0.4 is 5.73 Å². The van der Waals surface area contributed by atoms with Crippen LogP contribution in [-0.2, 0) is 9.84 Å². The van der Waals surface area contributed by atoms with E-state index in [0.29, 0.717) is 0 Å². The molecule has 0 saturated heterocycles. The topological polar surface area (TPSA) is 106 Å². The lowest BCUT2D eigenvalue weighted by atomic mass is 10.0. The number of ketones is 1. The Bertz CT molecular complexity index is 1140. The van der Waals surface area contributed by atoms with Gasteiger partial charge >= 0.3 is 0 Å². The van der Waals surface area contributed by atoms with E-state index >= 15 is 0 Å². The molecule has 0 atom stereocenters. The third-order valence-corrected chi connectivity index (χ3v) is 6.12. The highest BCUT2D eigenvalue weighted by Gasteiger charge is 2.27. The second-order valence-electron chi connectivity index (χ2n) is 6.02. The van der Waals surface area contributed by atoms with Crippen LogP contribution in [0.1, 0.15) is 29.8 Å². The van der Waals surface area contributed by atoms with Gasteiger partial charge in [0.2, 0.25) is 0 Å². The number of sulfone groups is 1. The Labute approximate surface area is 148 Å². The van der Waals surface area contributed by atoms with E-state index < -0.39 is 38.1 Å². The van der Waals surface area contributed by atoms with Crippen LogP contribution in [0.5, 0.6) is 0 Å². The molecule has 0 bridgehead atoms. The largest absolute Gasteiger partial charge is 0.369 e. The molecule has 0 saturated carbocycles. The van der Waals surface area contributed by atoms with E-state index in [0.717, 1.165) is 18.2 Å². The number of nitrogen functional groups attached to an aromatic ring is 1. The fourth-order valence-electron chi connectivity index (χ4n) is 2.54. The number of nitrogens with two attached hydrogens (primary N) is 1. The molecule has 9 heteroatoms. The first kappa shape index (κ1) is 18.0. The number of anilines is 1. The summed E-state index contributed by atoms with van der Waals surface area (Å²) in [4.78, 5) is 19.1. The van der Waals surface area contributed by atoms with Gasteiger partial charge in [-0.1, -0.05) is 6.07 Å². The normalized spacial score (nSPS) is 12.0. The monoisotopic (exact) mass is 379 g/mol. The van der Waals surface area contributed by atoms with Crippen molar-refractivity contribution in [3.63, 3.8) is 0 Å². The third-order valence-electron chi connectivity index (χ3n) is 3.96. The Kier molecular flexibility index (Phi) is 4.27. The number of hydrogen-bond donors (Lipinski definition) is 2. The molecule has 26 heavy (non-hydrogen) atoms. The highest BCUT2D eigenvalue weighted by molar-refractivity contribution is 7.92. The Balaban J connectivity index is 2.28. The molecule has 3 N–H and O–H groups in total. The highest BCUT2D eigenvalue weighted by Crippen LogP contribution is 2.28. The first-order chi connectivity index (χ1) is 12.1. The van der Waals surface area contributed by atoms with Gasteiger partial charge in [0.15, 0.2) is 33.2 Å². The average Bonchev–Trinajstić information content (AvgIpc) is 2.95. The molecular formula is C17H15F2N3O3S. The summed E-state index contributed by atoms with van der Waals surface area (Å²) in [5.41, 5.74) is 5.29. The lowest BCUT2D eigenvalue weighted by Gasteiger charge is -2.11. The predicted molar refractivity (Wildman–Crippen MR) is 92.6 cm³/mol. The van der Waals surface area contributed by atoms with Gasteiger partial charge in [-0.05, 0) is 38.1 Å². The van der Waals surface area contributed by atoms with E-state index in [1.54, 1.807) is 0 Å². The van der Waals surface area contributed by atoms with Gasteiger partial charge in [0.05, 0.1) is 21.2 Å². The van der Waals surface area contributed by atoms with Crippen molar-refractivity contribution in [1.29, 1.82) is 0 Å². The zero-order chi connectivity index (χ0) is 19.2. The summed E-state index contributed by atoms with van der Waals surface area (Å²) in [6, 6.07) is 5.64. The van der Waals surface area contributed by atoms with E-state index in [1.165, 1.54) is 26.0 Å². The number of nitrogens with one attached hydrogen (secondary N) is 1. The smallest absolute Gasteiger partial charge is 0.198 e. The summed E-state index contributed by atoms with van der Waals surface area (Å²) in [6.45, 7) is 2.97. The van der Waals surface area contributed by atoms with Crippen molar-refractivity contribution >= 4 is 32.6 Å². The first-order valence-corrected chi connectivity index (χ1v) is 9.19. The van der Waals surface area contributed by atoms with E-state index in [-0.39, 0.29) is 27.4 Å². The zero-order valence-corrected chi connectivity index (χ0v) is 14.7. The SMILES string of the molecule is CC(C)S(=O)(=O)c1cc(C(=O)c2cccc(F)c2F)cc2[nH]c(N)nc12. The van der Waals surface area contributed by atoms with Gasteiger partial charge in [0.1, 0.15) is 5.52 Å². The molecule has 6 nitrogen and oxygen atoms in total. The van der Waals surface area contributed by atoms with Crippen molar-refractivity contribution in [3.05, 3.63) is 53.1 Å². The fraction of sp³-hybridized carbons (Fsp3) is 0.176. The van der Waals surface area contributed by atoms with Gasteiger partial charge < -0.3 is 10.7 Å². The van der Waals surface area contributed by atoms with Gasteiger partial charge in [-0.15, -0.1) is 0 Å². The Hall–Kier alpha value is -2.81. The number of nitrogens with zero attached hydrogens (tertiary/aromatic N) is 1. The minimum atomic E-state index is -3.80. The van der Waals surface area contributed by atoms with Crippen LogP contribution >= 0.6 is 0 Å². The number of imidazole rings is 1.